The molecule has 30 heavy (non-hydrogen) atoms. The number of amides is 1. The summed E-state index contributed by atoms with van der Waals surface area (Å²) >= 11 is 0. The molecule has 1 amide bonds. The highest BCUT2D eigenvalue weighted by atomic mass is 32.2. The molecular formula is C22H23N3O4S. The predicted molar refractivity (Wildman–Crippen MR) is 115 cm³/mol. The lowest BCUT2D eigenvalue weighted by Crippen LogP contribution is -2.30. The lowest BCUT2D eigenvalue weighted by molar-refractivity contribution is -0.123. The molecule has 1 heterocycles. The molecule has 0 aliphatic heterocycles. The molecule has 3 rings (SSSR count). The number of carbonyl (C=O) groups is 1. The van der Waals surface area contributed by atoms with Gasteiger partial charge in [-0.2, -0.15) is 0 Å². The Kier molecular flexibility index (Phi) is 7.03. The Balaban J connectivity index is 1.59. The molecule has 1 N–H and O–H groups in total. The zero-order chi connectivity index (χ0) is 21.4. The third-order valence-corrected chi connectivity index (χ3v) is 6.27. The summed E-state index contributed by atoms with van der Waals surface area (Å²) in [5.41, 5.74) is 1.47. The van der Waals surface area contributed by atoms with Gasteiger partial charge in [-0.15, -0.1) is 0 Å². The molecule has 8 heteroatoms. The standard InChI is InChI=1S/C22H23N3O4S/c1-2-25(30(27,28)21-6-4-3-5-7-21)19-8-10-20(11-9-19)29-17-22(26)24-16-18-12-14-23-15-13-18/h3-15H,2,16-17H2,1H3,(H,24,26). The lowest BCUT2D eigenvalue weighted by Gasteiger charge is -2.23. The summed E-state index contributed by atoms with van der Waals surface area (Å²) in [6.07, 6.45) is 3.33. The van der Waals surface area contributed by atoms with E-state index in [1.54, 1.807) is 73.9 Å². The SMILES string of the molecule is CCN(c1ccc(OCC(=O)NCc2ccncc2)cc1)S(=O)(=O)c1ccccc1. The van der Waals surface area contributed by atoms with Gasteiger partial charge in [-0.25, -0.2) is 8.42 Å². The molecule has 156 valence electrons. The predicted octanol–water partition coefficient (Wildman–Crippen LogP) is 2.99. The smallest absolute Gasteiger partial charge is 0.264 e. The first-order chi connectivity index (χ1) is 14.5. The number of benzene rings is 2. The number of ether oxygens (including phenoxy) is 1. The topological polar surface area (TPSA) is 88.6 Å². The number of hydrogen-bond donors (Lipinski definition) is 1. The Bertz CT molecular complexity index is 1060. The average molecular weight is 426 g/mol. The molecule has 0 aliphatic rings. The molecule has 0 saturated carbocycles. The normalized spacial score (nSPS) is 11.0. The van der Waals surface area contributed by atoms with Gasteiger partial charge in [-0.05, 0) is 61.0 Å². The first-order valence-electron chi connectivity index (χ1n) is 9.47. The van der Waals surface area contributed by atoms with Gasteiger partial charge in [0, 0.05) is 25.5 Å². The van der Waals surface area contributed by atoms with E-state index in [2.05, 4.69) is 10.3 Å². The van der Waals surface area contributed by atoms with Crippen LogP contribution in [-0.2, 0) is 21.4 Å². The molecule has 0 aliphatic carbocycles. The molecule has 7 nitrogen and oxygen atoms in total. The van der Waals surface area contributed by atoms with Crippen LogP contribution < -0.4 is 14.4 Å². The average Bonchev–Trinajstić information content (AvgIpc) is 2.79. The van der Waals surface area contributed by atoms with Crippen LogP contribution in [0.2, 0.25) is 0 Å². The van der Waals surface area contributed by atoms with Crippen LogP contribution in [0.4, 0.5) is 5.69 Å². The van der Waals surface area contributed by atoms with Crippen LogP contribution in [-0.4, -0.2) is 32.5 Å². The Hall–Kier alpha value is -3.39. The summed E-state index contributed by atoms with van der Waals surface area (Å²) in [5.74, 6) is 0.226. The molecule has 3 aromatic rings. The van der Waals surface area contributed by atoms with Crippen molar-refractivity contribution in [2.24, 2.45) is 0 Å². The first kappa shape index (κ1) is 21.3. The lowest BCUT2D eigenvalue weighted by atomic mass is 10.3. The van der Waals surface area contributed by atoms with Gasteiger partial charge in [0.2, 0.25) is 0 Å². The summed E-state index contributed by atoms with van der Waals surface area (Å²) < 4.78 is 32.6. The maximum Gasteiger partial charge on any atom is 0.264 e. The van der Waals surface area contributed by atoms with E-state index in [0.29, 0.717) is 18.0 Å². The van der Waals surface area contributed by atoms with E-state index >= 15 is 0 Å². The first-order valence-corrected chi connectivity index (χ1v) is 10.9. The molecule has 0 fully saturated rings. The molecular weight excluding hydrogens is 402 g/mol. The molecule has 2 aromatic carbocycles. The Morgan fingerprint density at radius 3 is 2.30 bits per heavy atom. The van der Waals surface area contributed by atoms with Crippen molar-refractivity contribution in [1.29, 1.82) is 0 Å². The number of sulfonamides is 1. The zero-order valence-electron chi connectivity index (χ0n) is 16.6. The fourth-order valence-corrected chi connectivity index (χ4v) is 4.32. The van der Waals surface area contributed by atoms with Crippen molar-refractivity contribution < 1.29 is 17.9 Å². The summed E-state index contributed by atoms with van der Waals surface area (Å²) in [4.78, 5) is 16.1. The number of aromatic nitrogens is 1. The number of nitrogens with zero attached hydrogens (tertiary/aromatic N) is 2. The van der Waals surface area contributed by atoms with E-state index in [4.69, 9.17) is 4.74 Å². The summed E-state index contributed by atoms with van der Waals surface area (Å²) in [6, 6.07) is 18.6. The number of pyridine rings is 1. The van der Waals surface area contributed by atoms with Gasteiger partial charge < -0.3 is 10.1 Å². The second kappa shape index (κ2) is 9.89. The fraction of sp³-hybridized carbons (Fsp3) is 0.182. The van der Waals surface area contributed by atoms with Crippen molar-refractivity contribution >= 4 is 21.6 Å². The van der Waals surface area contributed by atoms with E-state index in [1.807, 2.05) is 12.1 Å². The maximum absolute atomic E-state index is 12.9. The van der Waals surface area contributed by atoms with Gasteiger partial charge in [-0.1, -0.05) is 18.2 Å². The van der Waals surface area contributed by atoms with Crippen LogP contribution >= 0.6 is 0 Å². The van der Waals surface area contributed by atoms with Gasteiger partial charge >= 0.3 is 0 Å². The number of carbonyl (C=O) groups excluding carboxylic acids is 1. The molecule has 0 atom stereocenters. The van der Waals surface area contributed by atoms with Crippen LogP contribution in [0.1, 0.15) is 12.5 Å². The zero-order valence-corrected chi connectivity index (χ0v) is 17.4. The van der Waals surface area contributed by atoms with Crippen LogP contribution in [0.15, 0.2) is 84.0 Å². The van der Waals surface area contributed by atoms with Crippen LogP contribution in [0.5, 0.6) is 5.75 Å². The van der Waals surface area contributed by atoms with Crippen molar-refractivity contribution in [3.8, 4) is 5.75 Å². The second-order valence-electron chi connectivity index (χ2n) is 6.40. The minimum absolute atomic E-state index is 0.135. The largest absolute Gasteiger partial charge is 0.484 e. The second-order valence-corrected chi connectivity index (χ2v) is 8.26. The van der Waals surface area contributed by atoms with Crippen molar-refractivity contribution in [2.75, 3.05) is 17.5 Å². The quantitative estimate of drug-likeness (QED) is 0.569. The molecule has 0 unspecified atom stereocenters. The number of nitrogens with one attached hydrogen (secondary N) is 1. The monoisotopic (exact) mass is 425 g/mol. The summed E-state index contributed by atoms with van der Waals surface area (Å²) in [6.45, 7) is 2.32. The van der Waals surface area contributed by atoms with Crippen LogP contribution in [0, 0.1) is 0 Å². The van der Waals surface area contributed by atoms with E-state index in [0.717, 1.165) is 5.56 Å². The Morgan fingerprint density at radius 1 is 1.00 bits per heavy atom. The fourth-order valence-electron chi connectivity index (χ4n) is 2.82. The van der Waals surface area contributed by atoms with Crippen molar-refractivity contribution in [3.63, 3.8) is 0 Å². The Labute approximate surface area is 176 Å². The minimum Gasteiger partial charge on any atom is -0.484 e. The highest BCUT2D eigenvalue weighted by Crippen LogP contribution is 2.25. The molecule has 1 aromatic heterocycles. The van der Waals surface area contributed by atoms with E-state index in [1.165, 1.54) is 4.31 Å². The maximum atomic E-state index is 12.9. The highest BCUT2D eigenvalue weighted by Gasteiger charge is 2.23. The summed E-state index contributed by atoms with van der Waals surface area (Å²) in [5, 5.41) is 2.77. The van der Waals surface area contributed by atoms with Gasteiger partial charge in [0.25, 0.3) is 15.9 Å². The third-order valence-electron chi connectivity index (χ3n) is 4.35. The van der Waals surface area contributed by atoms with Gasteiger partial charge in [0.1, 0.15) is 5.75 Å². The van der Waals surface area contributed by atoms with E-state index < -0.39 is 10.0 Å². The van der Waals surface area contributed by atoms with Gasteiger partial charge in [-0.3, -0.25) is 14.1 Å². The summed E-state index contributed by atoms with van der Waals surface area (Å²) in [7, 11) is -3.65. The number of rotatable bonds is 9. The minimum atomic E-state index is -3.65. The molecule has 0 radical (unpaired) electrons. The third kappa shape index (κ3) is 5.36. The van der Waals surface area contributed by atoms with Crippen molar-refractivity contribution in [1.82, 2.24) is 10.3 Å². The molecule has 0 saturated heterocycles. The van der Waals surface area contributed by atoms with Gasteiger partial charge in [0.15, 0.2) is 6.61 Å². The highest BCUT2D eigenvalue weighted by molar-refractivity contribution is 7.92. The van der Waals surface area contributed by atoms with Gasteiger partial charge in [0.05, 0.1) is 10.6 Å². The van der Waals surface area contributed by atoms with E-state index in [9.17, 15) is 13.2 Å². The van der Waals surface area contributed by atoms with Crippen molar-refractivity contribution in [3.05, 3.63) is 84.7 Å². The van der Waals surface area contributed by atoms with E-state index in [-0.39, 0.29) is 24.0 Å². The number of hydrogen-bond acceptors (Lipinski definition) is 5. The van der Waals surface area contributed by atoms with Crippen LogP contribution in [0.25, 0.3) is 0 Å². The van der Waals surface area contributed by atoms with Crippen LogP contribution in [0.3, 0.4) is 0 Å². The van der Waals surface area contributed by atoms with Crippen molar-refractivity contribution in [2.45, 2.75) is 18.4 Å². The molecule has 0 spiro atoms. The molecule has 0 bridgehead atoms. The number of anilines is 1. The Morgan fingerprint density at radius 2 is 1.67 bits per heavy atom.